The first-order chi connectivity index (χ1) is 15.6. The molecule has 2 saturated heterocycles. The number of carbonyl (C=O) groups excluding carboxylic acids is 2. The maximum atomic E-state index is 13.0. The number of halogens is 3. The van der Waals surface area contributed by atoms with E-state index in [1.165, 1.54) is 4.90 Å². The molecule has 4 rings (SSSR count). The summed E-state index contributed by atoms with van der Waals surface area (Å²) in [6, 6.07) is 12.2. The van der Waals surface area contributed by atoms with E-state index >= 15 is 0 Å². The fraction of sp³-hybridized carbons (Fsp3) is 0.364. The van der Waals surface area contributed by atoms with Crippen LogP contribution in [-0.2, 0) is 32.3 Å². The quantitative estimate of drug-likeness (QED) is 0.643. The van der Waals surface area contributed by atoms with Gasteiger partial charge in [-0.3, -0.25) is 14.5 Å². The minimum Gasteiger partial charge on any atom is -0.322 e. The van der Waals surface area contributed by atoms with Crippen molar-refractivity contribution in [3.05, 3.63) is 65.7 Å². The second-order valence-corrected chi connectivity index (χ2v) is 10.1. The lowest BCUT2D eigenvalue weighted by atomic mass is 10.2. The fourth-order valence-electron chi connectivity index (χ4n) is 4.28. The van der Waals surface area contributed by atoms with E-state index in [1.54, 1.807) is 0 Å². The highest BCUT2D eigenvalue weighted by Gasteiger charge is 2.46. The maximum Gasteiger partial charge on any atom is 0.416 e. The Hall–Kier alpha value is -2.76. The number of imide groups is 1. The number of likely N-dealkylation sites (tertiary alicyclic amines) is 1. The monoisotopic (exact) mass is 482 g/mol. The molecule has 1 N–H and O–H groups in total. The molecule has 1 atom stereocenters. The molecule has 0 saturated carbocycles. The van der Waals surface area contributed by atoms with Gasteiger partial charge in [0.1, 0.15) is 0 Å². The number of rotatable bonds is 5. The number of piperazine rings is 1. The second kappa shape index (κ2) is 8.88. The van der Waals surface area contributed by atoms with Gasteiger partial charge in [-0.1, -0.05) is 36.4 Å². The Morgan fingerprint density at radius 3 is 2.27 bits per heavy atom. The molecule has 0 spiro atoms. The molecule has 0 unspecified atom stereocenters. The van der Waals surface area contributed by atoms with Crippen LogP contribution in [0.25, 0.3) is 0 Å². The third kappa shape index (κ3) is 4.80. The van der Waals surface area contributed by atoms with Gasteiger partial charge in [-0.15, -0.1) is 0 Å². The number of alkyl halides is 3. The second-order valence-electron chi connectivity index (χ2n) is 8.15. The molecule has 0 aliphatic carbocycles. The van der Waals surface area contributed by atoms with Crippen molar-refractivity contribution in [1.29, 1.82) is 0 Å². The number of nitrogens with one attached hydrogen (secondary N) is 1. The number of carbonyl (C=O) groups is 2. The number of benzene rings is 2. The van der Waals surface area contributed by atoms with E-state index in [-0.39, 0.29) is 51.0 Å². The zero-order valence-corrected chi connectivity index (χ0v) is 18.4. The highest BCUT2D eigenvalue weighted by molar-refractivity contribution is 7.89. The van der Waals surface area contributed by atoms with Gasteiger partial charge in [0, 0.05) is 0 Å². The van der Waals surface area contributed by atoms with Crippen LogP contribution in [0.4, 0.5) is 13.2 Å². The van der Waals surface area contributed by atoms with Crippen molar-refractivity contribution in [2.24, 2.45) is 0 Å². The number of hydrogen-bond donors (Lipinski definition) is 1. The molecule has 0 radical (unpaired) electrons. The van der Waals surface area contributed by atoms with Crippen LogP contribution in [0.2, 0.25) is 0 Å². The fourth-order valence-corrected chi connectivity index (χ4v) is 5.77. The average molecular weight is 483 g/mol. The van der Waals surface area contributed by atoms with Crippen molar-refractivity contribution in [3.8, 4) is 0 Å². The van der Waals surface area contributed by atoms with E-state index in [2.05, 4.69) is 0 Å². The Bertz CT molecular complexity index is 1150. The Morgan fingerprint density at radius 1 is 0.970 bits per heavy atom. The summed E-state index contributed by atoms with van der Waals surface area (Å²) in [6.07, 6.45) is -4.59. The molecule has 2 aromatic carbocycles. The molecule has 0 bridgehead atoms. The van der Waals surface area contributed by atoms with E-state index < -0.39 is 32.7 Å². The first-order valence-electron chi connectivity index (χ1n) is 10.5. The Morgan fingerprint density at radius 2 is 1.64 bits per heavy atom. The largest absolute Gasteiger partial charge is 0.416 e. The van der Waals surface area contributed by atoms with E-state index in [4.69, 9.17) is 0 Å². The molecule has 2 heterocycles. The molecular formula is C22H23F3N3O4S+. The van der Waals surface area contributed by atoms with Crippen LogP contribution >= 0.6 is 0 Å². The molecule has 2 amide bonds. The van der Waals surface area contributed by atoms with Gasteiger partial charge in [-0.25, -0.2) is 8.42 Å². The van der Waals surface area contributed by atoms with Gasteiger partial charge in [0.15, 0.2) is 6.04 Å². The summed E-state index contributed by atoms with van der Waals surface area (Å²) in [5.74, 6) is -0.548. The van der Waals surface area contributed by atoms with Crippen molar-refractivity contribution < 1.29 is 36.1 Å². The summed E-state index contributed by atoms with van der Waals surface area (Å²) in [7, 11) is -4.11. The van der Waals surface area contributed by atoms with E-state index in [9.17, 15) is 31.2 Å². The SMILES string of the molecule is O=C1C[C@H]([NH+]2CCN(S(=O)(=O)c3cccc(C(F)(F)F)c3)CC2)C(=O)N1Cc1ccccc1. The van der Waals surface area contributed by atoms with Gasteiger partial charge in [0.2, 0.25) is 15.9 Å². The van der Waals surface area contributed by atoms with Gasteiger partial charge in [0.25, 0.3) is 5.91 Å². The molecule has 2 aromatic rings. The number of hydrogen-bond acceptors (Lipinski definition) is 4. The minimum atomic E-state index is -4.64. The number of sulfonamides is 1. The predicted octanol–water partition coefficient (Wildman–Crippen LogP) is 0.922. The van der Waals surface area contributed by atoms with Crippen LogP contribution in [0.15, 0.2) is 59.5 Å². The topological polar surface area (TPSA) is 79.2 Å². The van der Waals surface area contributed by atoms with Crippen molar-refractivity contribution in [2.75, 3.05) is 26.2 Å². The molecule has 11 heteroatoms. The van der Waals surface area contributed by atoms with Crippen LogP contribution in [0.5, 0.6) is 0 Å². The molecule has 0 aromatic heterocycles. The van der Waals surface area contributed by atoms with E-state index in [1.807, 2.05) is 30.3 Å². The summed E-state index contributed by atoms with van der Waals surface area (Å²) in [5.41, 5.74) is -0.187. The molecule has 176 valence electrons. The lowest BCUT2D eigenvalue weighted by Crippen LogP contribution is -3.19. The van der Waals surface area contributed by atoms with Crippen LogP contribution < -0.4 is 4.90 Å². The standard InChI is InChI=1S/C22H22F3N3O4S/c23-22(24,25)17-7-4-8-18(13-17)33(31,32)27-11-9-26(10-12-27)19-14-20(29)28(21(19)30)15-16-5-2-1-3-6-16/h1-8,13,19H,9-12,14-15H2/p+1/t19-/m0/s1. The van der Waals surface area contributed by atoms with Gasteiger partial charge in [-0.2, -0.15) is 17.5 Å². The zero-order chi connectivity index (χ0) is 23.8. The zero-order valence-electron chi connectivity index (χ0n) is 17.6. The third-order valence-corrected chi connectivity index (χ3v) is 7.98. The van der Waals surface area contributed by atoms with E-state index in [0.29, 0.717) is 6.07 Å². The molecule has 2 fully saturated rings. The number of nitrogens with zero attached hydrogens (tertiary/aromatic N) is 2. The Labute approximate surface area is 189 Å². The van der Waals surface area contributed by atoms with Crippen LogP contribution in [0.3, 0.4) is 0 Å². The Balaban J connectivity index is 1.42. The average Bonchev–Trinajstić information content (AvgIpc) is 3.08. The molecule has 7 nitrogen and oxygen atoms in total. The molecule has 33 heavy (non-hydrogen) atoms. The number of quaternary nitrogens is 1. The first-order valence-corrected chi connectivity index (χ1v) is 11.9. The summed E-state index contributed by atoms with van der Waals surface area (Å²) >= 11 is 0. The summed E-state index contributed by atoms with van der Waals surface area (Å²) < 4.78 is 65.9. The van der Waals surface area contributed by atoms with Crippen molar-refractivity contribution in [2.45, 2.75) is 30.1 Å². The van der Waals surface area contributed by atoms with Crippen molar-refractivity contribution in [1.82, 2.24) is 9.21 Å². The first kappa shape index (κ1) is 23.4. The van der Waals surface area contributed by atoms with Crippen LogP contribution in [-0.4, -0.2) is 61.7 Å². The van der Waals surface area contributed by atoms with Crippen LogP contribution in [0.1, 0.15) is 17.5 Å². The molecular weight excluding hydrogens is 459 g/mol. The van der Waals surface area contributed by atoms with Crippen LogP contribution in [0, 0.1) is 0 Å². The molecule has 2 aliphatic heterocycles. The highest BCUT2D eigenvalue weighted by atomic mass is 32.2. The Kier molecular flexibility index (Phi) is 6.30. The summed E-state index contributed by atoms with van der Waals surface area (Å²) in [6.45, 7) is 0.843. The minimum absolute atomic E-state index is 0.0462. The highest BCUT2D eigenvalue weighted by Crippen LogP contribution is 2.31. The van der Waals surface area contributed by atoms with E-state index in [0.717, 1.165) is 33.0 Å². The van der Waals surface area contributed by atoms with Gasteiger partial charge >= 0.3 is 6.18 Å². The van der Waals surface area contributed by atoms with Crippen molar-refractivity contribution >= 4 is 21.8 Å². The summed E-state index contributed by atoms with van der Waals surface area (Å²) in [5, 5.41) is 0. The maximum absolute atomic E-state index is 13.0. The van der Waals surface area contributed by atoms with Crippen molar-refractivity contribution in [3.63, 3.8) is 0 Å². The summed E-state index contributed by atoms with van der Waals surface area (Å²) in [4.78, 5) is 27.0. The molecule has 2 aliphatic rings. The predicted molar refractivity (Wildman–Crippen MR) is 111 cm³/mol. The number of amides is 2. The lowest BCUT2D eigenvalue weighted by Gasteiger charge is -2.33. The van der Waals surface area contributed by atoms with Gasteiger partial charge < -0.3 is 4.90 Å². The normalized spacial score (nSPS) is 21.1. The smallest absolute Gasteiger partial charge is 0.322 e. The van der Waals surface area contributed by atoms with Gasteiger partial charge in [0.05, 0.1) is 49.6 Å². The lowest BCUT2D eigenvalue weighted by molar-refractivity contribution is -0.918. The van der Waals surface area contributed by atoms with Gasteiger partial charge in [-0.05, 0) is 23.8 Å². The third-order valence-electron chi connectivity index (χ3n) is 6.08.